The lowest BCUT2D eigenvalue weighted by molar-refractivity contribution is 0.0960. The predicted octanol–water partition coefficient (Wildman–Crippen LogP) is 7.26. The maximum Gasteiger partial charge on any atom is 0.262 e. The number of hydrogen-bond acceptors (Lipinski definition) is 6. The molecule has 10 heteroatoms. The zero-order valence-electron chi connectivity index (χ0n) is 24.6. The summed E-state index contributed by atoms with van der Waals surface area (Å²) in [5, 5.41) is 0. The summed E-state index contributed by atoms with van der Waals surface area (Å²) >= 11 is 6.99. The Morgan fingerprint density at radius 2 is 0.955 bits per heavy atom. The van der Waals surface area contributed by atoms with Crippen LogP contribution in [0.2, 0.25) is 0 Å². The van der Waals surface area contributed by atoms with Gasteiger partial charge < -0.3 is 28.7 Å². The van der Waals surface area contributed by atoms with Crippen LogP contribution in [0.25, 0.3) is 0 Å². The number of rotatable bonds is 15. The number of nitrogens with zero attached hydrogens (tertiary/aromatic N) is 2. The number of anilines is 2. The largest absolute Gasteiger partial charge is 0.490 e. The first-order chi connectivity index (χ1) is 21.4. The quantitative estimate of drug-likeness (QED) is 0.120. The molecule has 0 spiro atoms. The first-order valence-corrected chi connectivity index (χ1v) is 15.6. The third-order valence-corrected chi connectivity index (χ3v) is 7.59. The topological polar surface area (TPSA) is 77.5 Å². The number of hydrogen-bond donors (Lipinski definition) is 0. The molecule has 0 aliphatic rings. The molecular formula is C34H34Br2N2O6. The molecule has 0 saturated heterocycles. The third kappa shape index (κ3) is 8.92. The zero-order valence-corrected chi connectivity index (χ0v) is 27.8. The van der Waals surface area contributed by atoms with Gasteiger partial charge in [0.2, 0.25) is 0 Å². The van der Waals surface area contributed by atoms with Crippen molar-refractivity contribution in [2.24, 2.45) is 0 Å². The van der Waals surface area contributed by atoms with Gasteiger partial charge in [0, 0.05) is 47.6 Å². The van der Waals surface area contributed by atoms with Gasteiger partial charge in [0.1, 0.15) is 24.7 Å². The van der Waals surface area contributed by atoms with E-state index in [1.807, 2.05) is 72.8 Å². The van der Waals surface area contributed by atoms with Gasteiger partial charge in [-0.2, -0.15) is 0 Å². The summed E-state index contributed by atoms with van der Waals surface area (Å²) in [7, 11) is 3.19. The molecule has 44 heavy (non-hydrogen) atoms. The van der Waals surface area contributed by atoms with Crippen LogP contribution in [0, 0.1) is 0 Å². The van der Waals surface area contributed by atoms with E-state index in [1.165, 1.54) is 0 Å². The van der Waals surface area contributed by atoms with Gasteiger partial charge >= 0.3 is 0 Å². The monoisotopic (exact) mass is 724 g/mol. The first kappa shape index (κ1) is 33.2. The van der Waals surface area contributed by atoms with Crippen LogP contribution >= 0.6 is 31.9 Å². The Balaban J connectivity index is 1.69. The molecule has 4 aromatic carbocycles. The number of benzene rings is 4. The molecule has 0 fully saturated rings. The molecule has 0 saturated carbocycles. The molecule has 0 aliphatic heterocycles. The molecule has 2 amide bonds. The number of carbonyl (C=O) groups excluding carboxylic acids is 2. The third-order valence-electron chi connectivity index (χ3n) is 6.61. The summed E-state index contributed by atoms with van der Waals surface area (Å²) < 4.78 is 23.6. The number of amides is 2. The summed E-state index contributed by atoms with van der Waals surface area (Å²) in [5.41, 5.74) is 2.15. The lowest BCUT2D eigenvalue weighted by Gasteiger charge is -2.29. The second kappa shape index (κ2) is 17.0. The molecule has 0 atom stereocenters. The highest BCUT2D eigenvalue weighted by molar-refractivity contribution is 9.10. The van der Waals surface area contributed by atoms with Crippen molar-refractivity contribution in [3.63, 3.8) is 0 Å². The van der Waals surface area contributed by atoms with E-state index in [2.05, 4.69) is 31.9 Å². The standard InChI is InChI=1S/C34H34Br2N2O6/c1-41-19-21-43-31-15-13-25(35)23-29(31)33(39)37(27-9-5-3-6-10-27)17-18-38(28-11-7-4-8-12-28)34(40)30-24-26(36)14-16-32(30)44-22-20-42-2/h3-16,23-24H,17-22H2,1-2H3. The van der Waals surface area contributed by atoms with Crippen LogP contribution in [0.4, 0.5) is 11.4 Å². The van der Waals surface area contributed by atoms with Crippen molar-refractivity contribution >= 4 is 55.0 Å². The van der Waals surface area contributed by atoms with E-state index in [9.17, 15) is 9.59 Å². The minimum absolute atomic E-state index is 0.196. The number of para-hydroxylation sites is 2. The van der Waals surface area contributed by atoms with Crippen molar-refractivity contribution in [3.8, 4) is 11.5 Å². The maximum absolute atomic E-state index is 14.2. The lowest BCUT2D eigenvalue weighted by atomic mass is 10.1. The van der Waals surface area contributed by atoms with Crippen molar-refractivity contribution in [1.82, 2.24) is 0 Å². The van der Waals surface area contributed by atoms with E-state index in [4.69, 9.17) is 18.9 Å². The normalized spacial score (nSPS) is 10.7. The Bertz CT molecular complexity index is 1410. The fraction of sp³-hybridized carbons (Fsp3) is 0.235. The van der Waals surface area contributed by atoms with E-state index < -0.39 is 0 Å². The fourth-order valence-electron chi connectivity index (χ4n) is 4.46. The highest BCUT2D eigenvalue weighted by Crippen LogP contribution is 2.29. The number of ether oxygens (including phenoxy) is 4. The van der Waals surface area contributed by atoms with Crippen LogP contribution in [-0.2, 0) is 9.47 Å². The first-order valence-electron chi connectivity index (χ1n) is 14.0. The fourth-order valence-corrected chi connectivity index (χ4v) is 5.18. The van der Waals surface area contributed by atoms with Crippen molar-refractivity contribution < 1.29 is 28.5 Å². The van der Waals surface area contributed by atoms with E-state index in [0.29, 0.717) is 60.4 Å². The van der Waals surface area contributed by atoms with Crippen molar-refractivity contribution in [3.05, 3.63) is 117 Å². The van der Waals surface area contributed by atoms with Gasteiger partial charge in [-0.15, -0.1) is 0 Å². The van der Waals surface area contributed by atoms with Gasteiger partial charge in [0.05, 0.1) is 24.3 Å². The number of methoxy groups -OCH3 is 2. The lowest BCUT2D eigenvalue weighted by Crippen LogP contribution is -2.41. The van der Waals surface area contributed by atoms with Gasteiger partial charge in [-0.05, 0) is 60.7 Å². The summed E-state index contributed by atoms with van der Waals surface area (Å²) in [4.78, 5) is 31.8. The summed E-state index contributed by atoms with van der Waals surface area (Å²) in [5.74, 6) is 0.353. The van der Waals surface area contributed by atoms with E-state index >= 15 is 0 Å². The number of carbonyl (C=O) groups is 2. The predicted molar refractivity (Wildman–Crippen MR) is 179 cm³/mol. The van der Waals surface area contributed by atoms with Gasteiger partial charge in [0.15, 0.2) is 0 Å². The van der Waals surface area contributed by atoms with Gasteiger partial charge in [-0.3, -0.25) is 9.59 Å². The molecular weight excluding hydrogens is 692 g/mol. The Morgan fingerprint density at radius 1 is 0.568 bits per heavy atom. The molecule has 0 aliphatic carbocycles. The maximum atomic E-state index is 14.2. The van der Waals surface area contributed by atoms with Gasteiger partial charge in [-0.25, -0.2) is 0 Å². The van der Waals surface area contributed by atoms with Gasteiger partial charge in [0.25, 0.3) is 11.8 Å². The van der Waals surface area contributed by atoms with Crippen LogP contribution in [0.3, 0.4) is 0 Å². The molecule has 0 aromatic heterocycles. The van der Waals surface area contributed by atoms with Crippen LogP contribution in [0.5, 0.6) is 11.5 Å². The highest BCUT2D eigenvalue weighted by atomic mass is 79.9. The van der Waals surface area contributed by atoms with Crippen molar-refractivity contribution in [2.45, 2.75) is 0 Å². The molecule has 0 N–H and O–H groups in total. The number of halogens is 2. The minimum Gasteiger partial charge on any atom is -0.490 e. The van der Waals surface area contributed by atoms with Crippen LogP contribution in [0.1, 0.15) is 20.7 Å². The van der Waals surface area contributed by atoms with Crippen LogP contribution in [-0.4, -0.2) is 65.6 Å². The minimum atomic E-state index is -0.267. The van der Waals surface area contributed by atoms with E-state index in [-0.39, 0.29) is 24.9 Å². The molecule has 0 bridgehead atoms. The van der Waals surface area contributed by atoms with E-state index in [1.54, 1.807) is 48.3 Å². The SMILES string of the molecule is COCCOc1ccc(Br)cc1C(=O)N(CCN(C(=O)c1cc(Br)ccc1OCCOC)c1ccccc1)c1ccccc1. The molecule has 0 unspecified atom stereocenters. The Labute approximate surface area is 274 Å². The summed E-state index contributed by atoms with van der Waals surface area (Å²) in [6.07, 6.45) is 0. The molecule has 4 rings (SSSR count). The second-order valence-electron chi connectivity index (χ2n) is 9.55. The Hall–Kier alpha value is -3.70. The van der Waals surface area contributed by atoms with Crippen LogP contribution < -0.4 is 19.3 Å². The van der Waals surface area contributed by atoms with Gasteiger partial charge in [-0.1, -0.05) is 68.3 Å². The van der Waals surface area contributed by atoms with Crippen molar-refractivity contribution in [1.29, 1.82) is 0 Å². The smallest absolute Gasteiger partial charge is 0.262 e. The second-order valence-corrected chi connectivity index (χ2v) is 11.4. The highest BCUT2D eigenvalue weighted by Gasteiger charge is 2.26. The average Bonchev–Trinajstić information content (AvgIpc) is 3.05. The Kier molecular flexibility index (Phi) is 12.8. The molecule has 4 aromatic rings. The molecule has 0 radical (unpaired) electrons. The molecule has 230 valence electrons. The summed E-state index contributed by atoms with van der Waals surface area (Å²) in [6.45, 7) is 1.74. The molecule has 8 nitrogen and oxygen atoms in total. The van der Waals surface area contributed by atoms with Crippen molar-refractivity contribution in [2.75, 3.05) is 63.5 Å². The molecule has 0 heterocycles. The Morgan fingerprint density at radius 3 is 1.32 bits per heavy atom. The zero-order chi connectivity index (χ0) is 31.3. The average molecular weight is 726 g/mol. The van der Waals surface area contributed by atoms with Crippen LogP contribution in [0.15, 0.2) is 106 Å². The van der Waals surface area contributed by atoms with E-state index in [0.717, 1.165) is 8.95 Å². The summed E-state index contributed by atoms with van der Waals surface area (Å²) in [6, 6.07) is 29.4.